The van der Waals surface area contributed by atoms with Gasteiger partial charge in [0.1, 0.15) is 6.54 Å². The molecule has 2 N–H and O–H groups in total. The molecule has 1 fully saturated rings. The predicted octanol–water partition coefficient (Wildman–Crippen LogP) is 1.05. The van der Waals surface area contributed by atoms with Gasteiger partial charge in [0.25, 0.3) is 0 Å². The van der Waals surface area contributed by atoms with Crippen LogP contribution in [0, 0.1) is 0 Å². The number of halogens is 3. The number of anilines is 3. The van der Waals surface area contributed by atoms with E-state index in [1.807, 2.05) is 4.90 Å². The number of aromatic nitrogens is 3. The van der Waals surface area contributed by atoms with E-state index in [9.17, 15) is 13.2 Å². The summed E-state index contributed by atoms with van der Waals surface area (Å²) in [6, 6.07) is 0. The molecule has 19 heavy (non-hydrogen) atoms. The molecule has 6 nitrogen and oxygen atoms in total. The summed E-state index contributed by atoms with van der Waals surface area (Å²) >= 11 is 0. The fourth-order valence-electron chi connectivity index (χ4n) is 1.94. The van der Waals surface area contributed by atoms with Gasteiger partial charge in [-0.15, -0.1) is 0 Å². The lowest BCUT2D eigenvalue weighted by atomic mass is 10.4. The highest BCUT2D eigenvalue weighted by molar-refractivity contribution is 5.43. The first kappa shape index (κ1) is 13.6. The smallest absolute Gasteiger partial charge is 0.368 e. The van der Waals surface area contributed by atoms with Crippen LogP contribution >= 0.6 is 0 Å². The second-order valence-electron chi connectivity index (χ2n) is 4.46. The third-order valence-corrected chi connectivity index (χ3v) is 2.78. The van der Waals surface area contributed by atoms with Gasteiger partial charge < -0.3 is 15.5 Å². The Morgan fingerprint density at radius 3 is 2.42 bits per heavy atom. The molecule has 0 aromatic carbocycles. The molecule has 1 aliphatic rings. The Morgan fingerprint density at radius 1 is 1.21 bits per heavy atom. The molecular weight excluding hydrogens is 261 g/mol. The first-order valence-corrected chi connectivity index (χ1v) is 5.89. The fourth-order valence-corrected chi connectivity index (χ4v) is 1.94. The number of nitrogen functional groups attached to an aromatic ring is 1. The largest absolute Gasteiger partial charge is 0.406 e. The summed E-state index contributed by atoms with van der Waals surface area (Å²) in [6.45, 7) is 0.438. The highest BCUT2D eigenvalue weighted by Gasteiger charge is 2.30. The highest BCUT2D eigenvalue weighted by Crippen LogP contribution is 2.21. The molecule has 0 aliphatic carbocycles. The van der Waals surface area contributed by atoms with E-state index < -0.39 is 12.7 Å². The predicted molar refractivity (Wildman–Crippen MR) is 65.0 cm³/mol. The summed E-state index contributed by atoms with van der Waals surface area (Å²) in [5.41, 5.74) is 5.53. The minimum absolute atomic E-state index is 0.0632. The zero-order valence-corrected chi connectivity index (χ0v) is 10.5. The second kappa shape index (κ2) is 5.06. The van der Waals surface area contributed by atoms with Crippen molar-refractivity contribution in [2.45, 2.75) is 19.0 Å². The molecule has 0 spiro atoms. The highest BCUT2D eigenvalue weighted by atomic mass is 19.4. The Morgan fingerprint density at radius 2 is 1.84 bits per heavy atom. The Kier molecular flexibility index (Phi) is 3.63. The van der Waals surface area contributed by atoms with Crippen LogP contribution in [0.5, 0.6) is 0 Å². The maximum atomic E-state index is 12.3. The number of nitrogens with zero attached hydrogens (tertiary/aromatic N) is 5. The van der Waals surface area contributed by atoms with Crippen LogP contribution in [-0.4, -0.2) is 47.8 Å². The maximum absolute atomic E-state index is 12.3. The van der Waals surface area contributed by atoms with Crippen molar-refractivity contribution in [3.8, 4) is 0 Å². The molecule has 0 amide bonds. The van der Waals surface area contributed by atoms with Crippen LogP contribution in [-0.2, 0) is 0 Å². The molecule has 0 saturated carbocycles. The van der Waals surface area contributed by atoms with Crippen LogP contribution < -0.4 is 15.5 Å². The summed E-state index contributed by atoms with van der Waals surface area (Å²) in [5, 5.41) is 0. The topological polar surface area (TPSA) is 71.2 Å². The van der Waals surface area contributed by atoms with Gasteiger partial charge in [0.15, 0.2) is 0 Å². The molecule has 9 heteroatoms. The number of nitrogens with two attached hydrogens (primary N) is 1. The van der Waals surface area contributed by atoms with E-state index in [2.05, 4.69) is 15.0 Å². The van der Waals surface area contributed by atoms with Crippen molar-refractivity contribution in [3.63, 3.8) is 0 Å². The first-order chi connectivity index (χ1) is 8.85. The molecular formula is C10H15F3N6. The Hall–Kier alpha value is -1.80. The summed E-state index contributed by atoms with van der Waals surface area (Å²) in [4.78, 5) is 14.6. The van der Waals surface area contributed by atoms with Gasteiger partial charge in [-0.2, -0.15) is 28.1 Å². The standard InChI is InChI=1S/C10H15F3N6/c1-18(6-10(11,12)13)8-15-7(14)16-9(17-8)19-4-2-3-5-19/h2-6H2,1H3,(H2,14,15,16,17). The number of hydrogen-bond acceptors (Lipinski definition) is 6. The zero-order valence-electron chi connectivity index (χ0n) is 10.5. The van der Waals surface area contributed by atoms with E-state index in [1.54, 1.807) is 0 Å². The van der Waals surface area contributed by atoms with E-state index in [1.165, 1.54) is 7.05 Å². The lowest BCUT2D eigenvalue weighted by Gasteiger charge is -2.21. The lowest BCUT2D eigenvalue weighted by molar-refractivity contribution is -0.119. The van der Waals surface area contributed by atoms with Crippen LogP contribution in [0.1, 0.15) is 12.8 Å². The van der Waals surface area contributed by atoms with Crippen molar-refractivity contribution in [2.75, 3.05) is 42.2 Å². The monoisotopic (exact) mass is 276 g/mol. The average molecular weight is 276 g/mol. The van der Waals surface area contributed by atoms with Crippen molar-refractivity contribution in [1.82, 2.24) is 15.0 Å². The molecule has 1 aromatic rings. The van der Waals surface area contributed by atoms with Gasteiger partial charge >= 0.3 is 6.18 Å². The minimum atomic E-state index is -4.32. The zero-order chi connectivity index (χ0) is 14.0. The van der Waals surface area contributed by atoms with Crippen molar-refractivity contribution in [1.29, 1.82) is 0 Å². The van der Waals surface area contributed by atoms with Gasteiger partial charge in [-0.25, -0.2) is 0 Å². The van der Waals surface area contributed by atoms with E-state index in [0.717, 1.165) is 30.8 Å². The third kappa shape index (κ3) is 3.58. The molecule has 2 heterocycles. The molecule has 0 radical (unpaired) electrons. The molecule has 106 valence electrons. The summed E-state index contributed by atoms with van der Waals surface area (Å²) in [7, 11) is 1.27. The van der Waals surface area contributed by atoms with Crippen molar-refractivity contribution < 1.29 is 13.2 Å². The van der Waals surface area contributed by atoms with Gasteiger partial charge in [0.05, 0.1) is 0 Å². The Bertz CT molecular complexity index is 443. The fraction of sp³-hybridized carbons (Fsp3) is 0.700. The van der Waals surface area contributed by atoms with Gasteiger partial charge in [-0.1, -0.05) is 0 Å². The third-order valence-electron chi connectivity index (χ3n) is 2.78. The van der Waals surface area contributed by atoms with Crippen LogP contribution in [0.4, 0.5) is 31.0 Å². The number of rotatable bonds is 3. The van der Waals surface area contributed by atoms with Gasteiger partial charge in [0.2, 0.25) is 17.8 Å². The van der Waals surface area contributed by atoms with Crippen LogP contribution in [0.15, 0.2) is 0 Å². The van der Waals surface area contributed by atoms with Crippen LogP contribution in [0.2, 0.25) is 0 Å². The molecule has 1 aromatic heterocycles. The van der Waals surface area contributed by atoms with Gasteiger partial charge in [0, 0.05) is 20.1 Å². The average Bonchev–Trinajstić information content (AvgIpc) is 2.79. The first-order valence-electron chi connectivity index (χ1n) is 5.89. The molecule has 0 atom stereocenters. The maximum Gasteiger partial charge on any atom is 0.406 e. The molecule has 0 bridgehead atoms. The minimum Gasteiger partial charge on any atom is -0.368 e. The molecule has 0 unspecified atom stereocenters. The van der Waals surface area contributed by atoms with E-state index >= 15 is 0 Å². The molecule has 1 saturated heterocycles. The molecule has 2 rings (SSSR count). The normalized spacial score (nSPS) is 15.9. The van der Waals surface area contributed by atoms with Crippen molar-refractivity contribution >= 4 is 17.8 Å². The second-order valence-corrected chi connectivity index (χ2v) is 4.46. The van der Waals surface area contributed by atoms with Crippen molar-refractivity contribution in [3.05, 3.63) is 0 Å². The lowest BCUT2D eigenvalue weighted by Crippen LogP contribution is -2.33. The van der Waals surface area contributed by atoms with E-state index in [-0.39, 0.29) is 11.9 Å². The van der Waals surface area contributed by atoms with E-state index in [0.29, 0.717) is 5.95 Å². The SMILES string of the molecule is CN(CC(F)(F)F)c1nc(N)nc(N2CCCC2)n1. The number of hydrogen-bond donors (Lipinski definition) is 1. The van der Waals surface area contributed by atoms with E-state index in [4.69, 9.17) is 5.73 Å². The summed E-state index contributed by atoms with van der Waals surface area (Å²) in [6.07, 6.45) is -2.29. The van der Waals surface area contributed by atoms with Crippen LogP contribution in [0.25, 0.3) is 0 Å². The van der Waals surface area contributed by atoms with Gasteiger partial charge in [-0.05, 0) is 12.8 Å². The van der Waals surface area contributed by atoms with Crippen LogP contribution in [0.3, 0.4) is 0 Å². The molecule has 1 aliphatic heterocycles. The van der Waals surface area contributed by atoms with Gasteiger partial charge in [-0.3, -0.25) is 0 Å². The number of alkyl halides is 3. The quantitative estimate of drug-likeness (QED) is 0.890. The Labute approximate surface area is 108 Å². The summed E-state index contributed by atoms with van der Waals surface area (Å²) < 4.78 is 37.0. The van der Waals surface area contributed by atoms with Crippen molar-refractivity contribution in [2.24, 2.45) is 0 Å². The Balaban J connectivity index is 2.20. The summed E-state index contributed by atoms with van der Waals surface area (Å²) in [5.74, 6) is 0.210.